The van der Waals surface area contributed by atoms with Gasteiger partial charge in [-0.2, -0.15) is 0 Å². The number of phosphoric acid groups is 1. The van der Waals surface area contributed by atoms with Gasteiger partial charge in [-0.15, -0.1) is 0 Å². The molecule has 0 saturated heterocycles. The number of carbonyl (C=O) groups excluding carboxylic acids is 1. The predicted octanol–water partition coefficient (Wildman–Crippen LogP) is 14.7. The van der Waals surface area contributed by atoms with Gasteiger partial charge in [0.2, 0.25) is 5.91 Å². The molecule has 0 aliphatic heterocycles. The van der Waals surface area contributed by atoms with E-state index in [9.17, 15) is 44.9 Å². The second-order valence-electron chi connectivity index (χ2n) is 22.3. The minimum absolute atomic E-state index is 0.219. The normalized spacial score (nSPS) is 20.9. The van der Waals surface area contributed by atoms with Crippen molar-refractivity contribution >= 4 is 13.7 Å². The SMILES string of the molecule is CCCCCCCCCCC/C=C/[C@@H](O)[C@H](COP(=O)(O)OC1C(O)C(O)C(O)[C@@H](O)C1O)NC(=O)CCCCCCCCCCCCCCCCCCCCCCCCCCCCCCCCCCCCC. The maximum absolute atomic E-state index is 13.0. The molecule has 13 heteroatoms. The molecule has 1 fully saturated rings. The number of aliphatic hydroxyl groups excluding tert-OH is 6. The topological polar surface area (TPSA) is 206 Å². The van der Waals surface area contributed by atoms with Crippen LogP contribution in [0.3, 0.4) is 0 Å². The van der Waals surface area contributed by atoms with E-state index in [0.29, 0.717) is 6.42 Å². The third kappa shape index (κ3) is 40.0. The van der Waals surface area contributed by atoms with E-state index in [0.717, 1.165) is 44.9 Å². The fraction of sp³-hybridized carbons (Fsp3) is 0.950. The van der Waals surface area contributed by atoms with Crippen molar-refractivity contribution in [1.82, 2.24) is 5.32 Å². The van der Waals surface area contributed by atoms with E-state index in [4.69, 9.17) is 9.05 Å². The van der Waals surface area contributed by atoms with Gasteiger partial charge in [0, 0.05) is 6.42 Å². The number of carbonyl (C=O) groups is 1. The number of aliphatic hydroxyl groups is 6. The van der Waals surface area contributed by atoms with Crippen LogP contribution in [0.1, 0.15) is 309 Å². The van der Waals surface area contributed by atoms with Crippen LogP contribution in [-0.4, -0.2) is 96.8 Å². The van der Waals surface area contributed by atoms with Crippen LogP contribution >= 0.6 is 7.82 Å². The maximum Gasteiger partial charge on any atom is 0.472 e. The summed E-state index contributed by atoms with van der Waals surface area (Å²) in [5, 5.41) is 64.2. The Hall–Kier alpha value is -0.920. The molecule has 1 amide bonds. The lowest BCUT2D eigenvalue weighted by Gasteiger charge is -2.41. The highest BCUT2D eigenvalue weighted by atomic mass is 31.2. The Morgan fingerprint density at radius 2 is 0.726 bits per heavy atom. The van der Waals surface area contributed by atoms with E-state index >= 15 is 0 Å². The molecule has 8 N–H and O–H groups in total. The van der Waals surface area contributed by atoms with Crippen LogP contribution in [0.2, 0.25) is 0 Å². The highest BCUT2D eigenvalue weighted by Gasteiger charge is 2.51. The second kappa shape index (κ2) is 49.4. The standard InChI is InChI=1S/C60H118NO11P/c1-3-5-7-9-11-13-15-16-17-18-19-20-21-22-23-24-25-26-27-28-29-30-31-32-33-34-35-36-37-38-40-42-44-46-48-50-54(63)61-52(53(62)49-47-45-43-41-39-14-12-10-8-6-4-2)51-71-73(69,70)72-60-58(67)56(65)55(64)57(66)59(60)68/h47,49,52-53,55-60,62,64-68H,3-46,48,50-51H2,1-2H3,(H,61,63)(H,69,70)/b49-47+/t52-,53+,55?,56+,57?,58?,59?,60?/m0/s1. The molecule has 1 aliphatic rings. The molecule has 0 aromatic rings. The number of rotatable bonds is 54. The molecular weight excluding hydrogens is 942 g/mol. The maximum atomic E-state index is 13.0. The van der Waals surface area contributed by atoms with Crippen LogP contribution in [0.25, 0.3) is 0 Å². The van der Waals surface area contributed by atoms with E-state index in [1.54, 1.807) is 0 Å². The largest absolute Gasteiger partial charge is 0.472 e. The molecule has 6 unspecified atom stereocenters. The van der Waals surface area contributed by atoms with Crippen molar-refractivity contribution in [3.05, 3.63) is 12.2 Å². The van der Waals surface area contributed by atoms with Gasteiger partial charge in [0.15, 0.2) is 0 Å². The molecule has 0 heterocycles. The summed E-state index contributed by atoms with van der Waals surface area (Å²) in [6.07, 6.45) is 49.2. The Morgan fingerprint density at radius 3 is 1.04 bits per heavy atom. The summed E-state index contributed by atoms with van der Waals surface area (Å²) in [6, 6.07) is -1.11. The molecule has 0 spiro atoms. The van der Waals surface area contributed by atoms with Crippen molar-refractivity contribution in [3.63, 3.8) is 0 Å². The predicted molar refractivity (Wildman–Crippen MR) is 301 cm³/mol. The van der Waals surface area contributed by atoms with Crippen molar-refractivity contribution < 1.29 is 53.9 Å². The fourth-order valence-corrected chi connectivity index (χ4v) is 11.3. The number of hydrogen-bond acceptors (Lipinski definition) is 10. The molecule has 0 radical (unpaired) electrons. The third-order valence-electron chi connectivity index (χ3n) is 15.3. The smallest absolute Gasteiger partial charge is 0.387 e. The Kier molecular flexibility index (Phi) is 47.4. The van der Waals surface area contributed by atoms with E-state index < -0.39 is 63.2 Å². The first-order chi connectivity index (χ1) is 35.4. The average Bonchev–Trinajstić information content (AvgIpc) is 3.38. The monoisotopic (exact) mass is 1060 g/mol. The van der Waals surface area contributed by atoms with E-state index in [2.05, 4.69) is 19.2 Å². The van der Waals surface area contributed by atoms with Gasteiger partial charge in [0.1, 0.15) is 36.6 Å². The molecule has 9 atom stereocenters. The summed E-state index contributed by atoms with van der Waals surface area (Å²) in [6.45, 7) is 3.86. The number of allylic oxidation sites excluding steroid dienone is 1. The lowest BCUT2D eigenvalue weighted by atomic mass is 9.85. The molecule has 73 heavy (non-hydrogen) atoms. The Labute approximate surface area is 448 Å². The molecular formula is C60H118NO11P. The highest BCUT2D eigenvalue weighted by molar-refractivity contribution is 7.47. The van der Waals surface area contributed by atoms with Crippen molar-refractivity contribution in [2.75, 3.05) is 6.61 Å². The van der Waals surface area contributed by atoms with Gasteiger partial charge in [0.05, 0.1) is 18.8 Å². The first-order valence-corrected chi connectivity index (χ1v) is 32.6. The number of amides is 1. The molecule has 1 rings (SSSR count). The first kappa shape index (κ1) is 70.1. The molecule has 1 aliphatic carbocycles. The van der Waals surface area contributed by atoms with Crippen LogP contribution in [-0.2, 0) is 18.4 Å². The summed E-state index contributed by atoms with van der Waals surface area (Å²) in [5.41, 5.74) is 0. The summed E-state index contributed by atoms with van der Waals surface area (Å²) in [4.78, 5) is 23.5. The van der Waals surface area contributed by atoms with Gasteiger partial charge >= 0.3 is 7.82 Å². The number of nitrogens with one attached hydrogen (secondary N) is 1. The minimum Gasteiger partial charge on any atom is -0.387 e. The van der Waals surface area contributed by atoms with Crippen LogP contribution in [0.4, 0.5) is 0 Å². The van der Waals surface area contributed by atoms with E-state index in [1.807, 2.05) is 6.08 Å². The number of hydrogen-bond donors (Lipinski definition) is 8. The van der Waals surface area contributed by atoms with Gasteiger partial charge < -0.3 is 40.8 Å². The molecule has 0 aromatic carbocycles. The Morgan fingerprint density at radius 1 is 0.452 bits per heavy atom. The van der Waals surface area contributed by atoms with Gasteiger partial charge in [-0.3, -0.25) is 13.8 Å². The molecule has 434 valence electrons. The highest BCUT2D eigenvalue weighted by Crippen LogP contribution is 2.47. The zero-order valence-electron chi connectivity index (χ0n) is 47.2. The van der Waals surface area contributed by atoms with Crippen molar-refractivity contribution in [1.29, 1.82) is 0 Å². The average molecular weight is 1060 g/mol. The van der Waals surface area contributed by atoms with Crippen molar-refractivity contribution in [2.45, 2.75) is 358 Å². The summed E-state index contributed by atoms with van der Waals surface area (Å²) >= 11 is 0. The zero-order chi connectivity index (χ0) is 53.5. The van der Waals surface area contributed by atoms with Gasteiger partial charge in [0.25, 0.3) is 0 Å². The molecule has 0 aromatic heterocycles. The minimum atomic E-state index is -5.08. The molecule has 12 nitrogen and oxygen atoms in total. The van der Waals surface area contributed by atoms with E-state index in [1.165, 1.54) is 244 Å². The molecule has 0 bridgehead atoms. The first-order valence-electron chi connectivity index (χ1n) is 31.1. The lowest BCUT2D eigenvalue weighted by Crippen LogP contribution is -2.64. The third-order valence-corrected chi connectivity index (χ3v) is 16.3. The quantitative estimate of drug-likeness (QED) is 0.0163. The Balaban J connectivity index is 2.13. The van der Waals surface area contributed by atoms with Crippen LogP contribution in [0.15, 0.2) is 12.2 Å². The van der Waals surface area contributed by atoms with Crippen LogP contribution in [0, 0.1) is 0 Å². The fourth-order valence-electron chi connectivity index (χ4n) is 10.3. The zero-order valence-corrected chi connectivity index (χ0v) is 48.1. The second-order valence-corrected chi connectivity index (χ2v) is 23.7. The number of phosphoric ester groups is 1. The number of unbranched alkanes of at least 4 members (excludes halogenated alkanes) is 43. The summed E-state index contributed by atoms with van der Waals surface area (Å²) in [7, 11) is -5.08. The summed E-state index contributed by atoms with van der Waals surface area (Å²) < 4.78 is 23.0. The summed E-state index contributed by atoms with van der Waals surface area (Å²) in [5.74, 6) is -0.335. The van der Waals surface area contributed by atoms with Gasteiger partial charge in [-0.05, 0) is 19.3 Å². The van der Waals surface area contributed by atoms with Gasteiger partial charge in [-0.25, -0.2) is 4.57 Å². The van der Waals surface area contributed by atoms with E-state index in [-0.39, 0.29) is 12.3 Å². The van der Waals surface area contributed by atoms with Crippen molar-refractivity contribution in [2.24, 2.45) is 0 Å². The van der Waals surface area contributed by atoms with Gasteiger partial charge in [-0.1, -0.05) is 296 Å². The lowest BCUT2D eigenvalue weighted by molar-refractivity contribution is -0.220. The van der Waals surface area contributed by atoms with Crippen LogP contribution in [0.5, 0.6) is 0 Å². The van der Waals surface area contributed by atoms with Crippen LogP contribution < -0.4 is 5.32 Å². The Bertz CT molecular complexity index is 1280. The molecule has 1 saturated carbocycles. The van der Waals surface area contributed by atoms with Crippen molar-refractivity contribution in [3.8, 4) is 0 Å².